The molecule has 2 aromatic rings. The molecular weight excluding hydrogens is 226 g/mol. The molecule has 0 saturated carbocycles. The van der Waals surface area contributed by atoms with E-state index in [0.717, 1.165) is 27.8 Å². The Morgan fingerprint density at radius 3 is 2.67 bits per heavy atom. The van der Waals surface area contributed by atoms with Crippen molar-refractivity contribution in [2.45, 2.75) is 13.8 Å². The molecule has 0 aliphatic carbocycles. The Hall–Kier alpha value is -2.03. The molecule has 0 N–H and O–H groups in total. The first kappa shape index (κ1) is 12.4. The number of oxime groups is 1. The van der Waals surface area contributed by atoms with Crippen molar-refractivity contribution in [2.75, 3.05) is 13.7 Å². The Labute approximate surface area is 107 Å². The van der Waals surface area contributed by atoms with Crippen molar-refractivity contribution in [3.63, 3.8) is 0 Å². The van der Waals surface area contributed by atoms with Crippen LogP contribution in [0.15, 0.2) is 41.6 Å². The third-order valence-corrected chi connectivity index (χ3v) is 2.80. The molecule has 3 nitrogen and oxygen atoms in total. The summed E-state index contributed by atoms with van der Waals surface area (Å²) in [5.74, 6) is 0.842. The zero-order chi connectivity index (χ0) is 13.0. The molecule has 0 aromatic heterocycles. The summed E-state index contributed by atoms with van der Waals surface area (Å²) in [5.41, 5.74) is 1.78. The maximum atomic E-state index is 5.52. The summed E-state index contributed by atoms with van der Waals surface area (Å²) in [6, 6.07) is 12.2. The minimum Gasteiger partial charge on any atom is -0.495 e. The van der Waals surface area contributed by atoms with Crippen LogP contribution in [0.1, 0.15) is 19.4 Å². The van der Waals surface area contributed by atoms with Crippen LogP contribution in [0.25, 0.3) is 10.8 Å². The second-order valence-electron chi connectivity index (χ2n) is 3.96. The van der Waals surface area contributed by atoms with E-state index in [9.17, 15) is 0 Å². The van der Waals surface area contributed by atoms with E-state index in [4.69, 9.17) is 9.57 Å². The van der Waals surface area contributed by atoms with Gasteiger partial charge in [0, 0.05) is 10.9 Å². The molecule has 0 atom stereocenters. The summed E-state index contributed by atoms with van der Waals surface area (Å²) in [7, 11) is 1.68. The van der Waals surface area contributed by atoms with Crippen LogP contribution < -0.4 is 4.74 Å². The zero-order valence-electron chi connectivity index (χ0n) is 10.9. The van der Waals surface area contributed by atoms with Crippen molar-refractivity contribution in [1.29, 1.82) is 0 Å². The molecule has 94 valence electrons. The molecule has 0 fully saturated rings. The van der Waals surface area contributed by atoms with Gasteiger partial charge >= 0.3 is 0 Å². The average molecular weight is 243 g/mol. The quantitative estimate of drug-likeness (QED) is 0.606. The van der Waals surface area contributed by atoms with Gasteiger partial charge in [0.15, 0.2) is 0 Å². The van der Waals surface area contributed by atoms with Gasteiger partial charge in [0.2, 0.25) is 0 Å². The lowest BCUT2D eigenvalue weighted by atomic mass is 10.0. The summed E-state index contributed by atoms with van der Waals surface area (Å²) in [5, 5.41) is 6.31. The van der Waals surface area contributed by atoms with Crippen LogP contribution in [0.2, 0.25) is 0 Å². The van der Waals surface area contributed by atoms with E-state index in [0.29, 0.717) is 6.61 Å². The fourth-order valence-corrected chi connectivity index (χ4v) is 1.96. The second-order valence-corrected chi connectivity index (χ2v) is 3.96. The van der Waals surface area contributed by atoms with Crippen molar-refractivity contribution in [3.05, 3.63) is 42.0 Å². The molecule has 0 unspecified atom stereocenters. The second kappa shape index (κ2) is 5.54. The van der Waals surface area contributed by atoms with Crippen LogP contribution >= 0.6 is 0 Å². The highest BCUT2D eigenvalue weighted by Gasteiger charge is 2.10. The van der Waals surface area contributed by atoms with Crippen molar-refractivity contribution in [2.24, 2.45) is 5.16 Å². The van der Waals surface area contributed by atoms with Crippen LogP contribution in [-0.2, 0) is 4.84 Å². The Morgan fingerprint density at radius 2 is 1.94 bits per heavy atom. The van der Waals surface area contributed by atoms with Gasteiger partial charge in [-0.05, 0) is 25.3 Å². The zero-order valence-corrected chi connectivity index (χ0v) is 10.9. The first-order valence-electron chi connectivity index (χ1n) is 6.00. The first-order valence-corrected chi connectivity index (χ1v) is 6.00. The molecule has 0 aliphatic heterocycles. The number of methoxy groups -OCH3 is 1. The van der Waals surface area contributed by atoms with Gasteiger partial charge in [-0.2, -0.15) is 0 Å². The smallest absolute Gasteiger partial charge is 0.135 e. The van der Waals surface area contributed by atoms with Gasteiger partial charge in [0.05, 0.1) is 12.8 Å². The molecule has 0 spiro atoms. The molecule has 3 heteroatoms. The monoisotopic (exact) mass is 243 g/mol. The topological polar surface area (TPSA) is 30.8 Å². The Morgan fingerprint density at radius 1 is 1.17 bits per heavy atom. The van der Waals surface area contributed by atoms with E-state index in [1.165, 1.54) is 0 Å². The Bertz CT molecular complexity index is 576. The van der Waals surface area contributed by atoms with E-state index in [-0.39, 0.29) is 0 Å². The molecule has 18 heavy (non-hydrogen) atoms. The highest BCUT2D eigenvalue weighted by atomic mass is 16.6. The van der Waals surface area contributed by atoms with Gasteiger partial charge in [0.1, 0.15) is 12.4 Å². The van der Waals surface area contributed by atoms with Gasteiger partial charge in [-0.25, -0.2) is 0 Å². The van der Waals surface area contributed by atoms with Gasteiger partial charge in [-0.1, -0.05) is 35.5 Å². The summed E-state index contributed by atoms with van der Waals surface area (Å²) in [6.07, 6.45) is 0. The predicted octanol–water partition coefficient (Wildman–Crippen LogP) is 3.61. The number of hydrogen-bond donors (Lipinski definition) is 0. The van der Waals surface area contributed by atoms with Gasteiger partial charge in [0.25, 0.3) is 0 Å². The summed E-state index contributed by atoms with van der Waals surface area (Å²) < 4.78 is 5.52. The Kier molecular flexibility index (Phi) is 3.82. The summed E-state index contributed by atoms with van der Waals surface area (Å²) in [4.78, 5) is 5.09. The number of rotatable bonds is 4. The molecule has 0 bridgehead atoms. The number of hydrogen-bond acceptors (Lipinski definition) is 3. The molecule has 0 radical (unpaired) electrons. The fourth-order valence-electron chi connectivity index (χ4n) is 1.96. The van der Waals surface area contributed by atoms with Gasteiger partial charge < -0.3 is 9.57 Å². The normalized spacial score (nSPS) is 11.6. The molecule has 0 saturated heterocycles. The van der Waals surface area contributed by atoms with Crippen LogP contribution in [0.5, 0.6) is 5.75 Å². The lowest BCUT2D eigenvalue weighted by Crippen LogP contribution is -2.01. The summed E-state index contributed by atoms with van der Waals surface area (Å²) >= 11 is 0. The molecule has 2 rings (SSSR count). The highest BCUT2D eigenvalue weighted by molar-refractivity contribution is 6.06. The Balaban J connectivity index is 2.58. The standard InChI is InChI=1S/C15H17NO2/c1-4-18-16-11(2)13-10-9-12-7-5-6-8-14(12)15(13)17-3/h5-10H,4H2,1-3H3/b16-11+. The van der Waals surface area contributed by atoms with Crippen molar-refractivity contribution >= 4 is 16.5 Å². The van der Waals surface area contributed by atoms with Crippen molar-refractivity contribution in [1.82, 2.24) is 0 Å². The van der Waals surface area contributed by atoms with Crippen LogP contribution in [-0.4, -0.2) is 19.4 Å². The van der Waals surface area contributed by atoms with E-state index in [2.05, 4.69) is 17.3 Å². The minimum absolute atomic E-state index is 0.563. The number of fused-ring (bicyclic) bond motifs is 1. The van der Waals surface area contributed by atoms with Crippen molar-refractivity contribution < 1.29 is 9.57 Å². The van der Waals surface area contributed by atoms with Crippen LogP contribution in [0, 0.1) is 0 Å². The molecule has 0 heterocycles. The number of ether oxygens (including phenoxy) is 1. The van der Waals surface area contributed by atoms with Crippen molar-refractivity contribution in [3.8, 4) is 5.75 Å². The molecule has 0 amide bonds. The molecule has 2 aromatic carbocycles. The van der Waals surface area contributed by atoms with E-state index in [1.54, 1.807) is 7.11 Å². The minimum atomic E-state index is 0.563. The summed E-state index contributed by atoms with van der Waals surface area (Å²) in [6.45, 7) is 4.39. The SMILES string of the molecule is CCO/N=C(\C)c1ccc2ccccc2c1OC. The first-order chi connectivity index (χ1) is 8.77. The number of nitrogens with zero attached hydrogens (tertiary/aromatic N) is 1. The van der Waals surface area contributed by atoms with E-state index >= 15 is 0 Å². The lowest BCUT2D eigenvalue weighted by Gasteiger charge is -2.11. The predicted molar refractivity (Wildman–Crippen MR) is 74.3 cm³/mol. The third-order valence-electron chi connectivity index (χ3n) is 2.80. The molecule has 0 aliphatic rings. The third kappa shape index (κ3) is 2.30. The lowest BCUT2D eigenvalue weighted by molar-refractivity contribution is 0.159. The highest BCUT2D eigenvalue weighted by Crippen LogP contribution is 2.30. The van der Waals surface area contributed by atoms with E-state index in [1.807, 2.05) is 38.1 Å². The largest absolute Gasteiger partial charge is 0.495 e. The van der Waals surface area contributed by atoms with Crippen LogP contribution in [0.3, 0.4) is 0 Å². The maximum Gasteiger partial charge on any atom is 0.135 e. The fraction of sp³-hybridized carbons (Fsp3) is 0.267. The van der Waals surface area contributed by atoms with Gasteiger partial charge in [-0.3, -0.25) is 0 Å². The van der Waals surface area contributed by atoms with Crippen LogP contribution in [0.4, 0.5) is 0 Å². The average Bonchev–Trinajstić information content (AvgIpc) is 2.43. The molecular formula is C15H17NO2. The number of benzene rings is 2. The van der Waals surface area contributed by atoms with Gasteiger partial charge in [-0.15, -0.1) is 0 Å². The maximum absolute atomic E-state index is 5.52. The van der Waals surface area contributed by atoms with E-state index < -0.39 is 0 Å².